The number of halogens is 3. The van der Waals surface area contributed by atoms with Gasteiger partial charge < -0.3 is 4.98 Å². The third-order valence-corrected chi connectivity index (χ3v) is 3.24. The Morgan fingerprint density at radius 1 is 1.21 bits per heavy atom. The third-order valence-electron chi connectivity index (χ3n) is 1.73. The van der Waals surface area contributed by atoms with Crippen LogP contribution < -0.4 is 0 Å². The number of hydrogen-bond donors (Lipinski definition) is 1. The van der Waals surface area contributed by atoms with E-state index >= 15 is 0 Å². The molecule has 1 N–H and O–H groups in total. The second-order valence-electron chi connectivity index (χ2n) is 3.08. The lowest BCUT2D eigenvalue weighted by molar-refractivity contribution is 0.561. The molecule has 0 aliphatic carbocycles. The van der Waals surface area contributed by atoms with E-state index in [1.54, 1.807) is 12.3 Å². The highest BCUT2D eigenvalue weighted by molar-refractivity contribution is 8.13. The van der Waals surface area contributed by atoms with Gasteiger partial charge in [0.05, 0.1) is 0 Å². The number of H-pyrrole nitrogens is 1. The zero-order valence-electron chi connectivity index (χ0n) is 9.18. The second kappa shape index (κ2) is 6.69. The first-order valence-corrected chi connectivity index (χ1v) is 7.42. The lowest BCUT2D eigenvalue weighted by Gasteiger charge is -1.93. The van der Waals surface area contributed by atoms with Gasteiger partial charge in [0.15, 0.2) is 11.6 Å². The van der Waals surface area contributed by atoms with Gasteiger partial charge in [-0.25, -0.2) is 22.2 Å². The monoisotopic (exact) mass is 324 g/mol. The summed E-state index contributed by atoms with van der Waals surface area (Å²) in [5.41, 5.74) is 0. The highest BCUT2D eigenvalue weighted by Gasteiger charge is 2.16. The standard InChI is InChI=1S/C5H3ClFNO2S.C5H4FNS/c6-11(9,10)5-4(7)2-1-3-8-5;6-4-2-1-3-7-5(4)8/h1-3H;1-3H,(H,7,8). The topological polar surface area (TPSA) is 62.8 Å². The van der Waals surface area contributed by atoms with E-state index in [0.717, 1.165) is 12.3 Å². The Morgan fingerprint density at radius 2 is 1.84 bits per heavy atom. The molecule has 0 fully saturated rings. The van der Waals surface area contributed by atoms with Crippen LogP contribution in [0.3, 0.4) is 0 Å². The Hall–Kier alpha value is -1.38. The van der Waals surface area contributed by atoms with Crippen molar-refractivity contribution < 1.29 is 17.2 Å². The number of nitrogens with zero attached hydrogens (tertiary/aromatic N) is 1. The molecule has 0 radical (unpaired) electrons. The predicted octanol–water partition coefficient (Wildman–Crippen LogP) is 3.03. The molecule has 4 nitrogen and oxygen atoms in total. The molecule has 2 aromatic rings. The van der Waals surface area contributed by atoms with E-state index in [1.165, 1.54) is 12.1 Å². The average molecular weight is 325 g/mol. The summed E-state index contributed by atoms with van der Waals surface area (Å²) in [6.45, 7) is 0. The molecule has 0 saturated carbocycles. The summed E-state index contributed by atoms with van der Waals surface area (Å²) in [6, 6.07) is 5.13. The van der Waals surface area contributed by atoms with Crippen LogP contribution >= 0.6 is 22.9 Å². The summed E-state index contributed by atoms with van der Waals surface area (Å²) >= 11 is 4.52. The van der Waals surface area contributed by atoms with Crippen LogP contribution in [0.4, 0.5) is 8.78 Å². The molecule has 0 aromatic carbocycles. The molecule has 0 aliphatic heterocycles. The first-order chi connectivity index (χ1) is 8.82. The van der Waals surface area contributed by atoms with Crippen molar-refractivity contribution in [2.45, 2.75) is 5.03 Å². The fourth-order valence-electron chi connectivity index (χ4n) is 0.952. The Labute approximate surface area is 117 Å². The van der Waals surface area contributed by atoms with Gasteiger partial charge in [-0.2, -0.15) is 0 Å². The zero-order valence-corrected chi connectivity index (χ0v) is 11.6. The summed E-state index contributed by atoms with van der Waals surface area (Å²) < 4.78 is 45.9. The van der Waals surface area contributed by atoms with Gasteiger partial charge in [-0.15, -0.1) is 0 Å². The SMILES string of the molecule is Fc1ccc[nH]c1=S.O=S(=O)(Cl)c1ncccc1F. The zero-order chi connectivity index (χ0) is 14.5. The van der Waals surface area contributed by atoms with Crippen LogP contribution in [0.25, 0.3) is 0 Å². The van der Waals surface area contributed by atoms with Gasteiger partial charge in [-0.1, -0.05) is 12.2 Å². The summed E-state index contributed by atoms with van der Waals surface area (Å²) in [7, 11) is 0.786. The van der Waals surface area contributed by atoms with Gasteiger partial charge in [0.2, 0.25) is 5.03 Å². The Kier molecular flexibility index (Phi) is 5.52. The summed E-state index contributed by atoms with van der Waals surface area (Å²) in [4.78, 5) is 5.79. The summed E-state index contributed by atoms with van der Waals surface area (Å²) in [5, 5.41) is -0.735. The molecule has 2 heterocycles. The van der Waals surface area contributed by atoms with E-state index in [1.807, 2.05) is 0 Å². The minimum absolute atomic E-state index is 0.160. The Morgan fingerprint density at radius 3 is 2.21 bits per heavy atom. The molecule has 0 bridgehead atoms. The number of aromatic nitrogens is 2. The number of hydrogen-bond acceptors (Lipinski definition) is 4. The van der Waals surface area contributed by atoms with Crippen molar-refractivity contribution >= 4 is 32.0 Å². The molecule has 0 aliphatic rings. The Bertz CT molecular complexity index is 719. The van der Waals surface area contributed by atoms with Crippen molar-refractivity contribution in [1.29, 1.82) is 0 Å². The molecule has 0 saturated heterocycles. The largest absolute Gasteiger partial charge is 0.350 e. The molecular weight excluding hydrogens is 318 g/mol. The van der Waals surface area contributed by atoms with Crippen LogP contribution in [0.15, 0.2) is 41.7 Å². The van der Waals surface area contributed by atoms with Crippen LogP contribution in [0.1, 0.15) is 0 Å². The van der Waals surface area contributed by atoms with E-state index < -0.39 is 19.9 Å². The number of nitrogens with one attached hydrogen (secondary N) is 1. The van der Waals surface area contributed by atoms with Crippen molar-refractivity contribution in [3.8, 4) is 0 Å². The molecule has 19 heavy (non-hydrogen) atoms. The number of pyridine rings is 2. The van der Waals surface area contributed by atoms with Gasteiger partial charge in [0.25, 0.3) is 9.05 Å². The fourth-order valence-corrected chi connectivity index (χ4v) is 1.92. The lowest BCUT2D eigenvalue weighted by atomic mass is 10.5. The average Bonchev–Trinajstić information content (AvgIpc) is 2.33. The molecule has 0 atom stereocenters. The van der Waals surface area contributed by atoms with Crippen LogP contribution in [-0.2, 0) is 9.05 Å². The quantitative estimate of drug-likeness (QED) is 0.647. The highest BCUT2D eigenvalue weighted by atomic mass is 35.7. The molecule has 2 rings (SSSR count). The molecule has 9 heteroatoms. The minimum Gasteiger partial charge on any atom is -0.350 e. The van der Waals surface area contributed by atoms with Crippen LogP contribution in [0.5, 0.6) is 0 Å². The fraction of sp³-hybridized carbons (Fsp3) is 0. The van der Waals surface area contributed by atoms with E-state index in [2.05, 4.69) is 22.2 Å². The lowest BCUT2D eigenvalue weighted by Crippen LogP contribution is -1.97. The predicted molar refractivity (Wildman–Crippen MR) is 68.8 cm³/mol. The normalized spacial score (nSPS) is 10.5. The number of rotatable bonds is 1. The second-order valence-corrected chi connectivity index (χ2v) is 5.96. The van der Waals surface area contributed by atoms with Crippen molar-refractivity contribution in [3.05, 3.63) is 52.9 Å². The maximum Gasteiger partial charge on any atom is 0.281 e. The third kappa shape index (κ3) is 5.01. The molecule has 0 unspecified atom stereocenters. The summed E-state index contributed by atoms with van der Waals surface area (Å²) in [6.07, 6.45) is 2.74. The van der Waals surface area contributed by atoms with Crippen molar-refractivity contribution in [1.82, 2.24) is 9.97 Å². The van der Waals surface area contributed by atoms with E-state index in [4.69, 9.17) is 10.7 Å². The van der Waals surface area contributed by atoms with Crippen molar-refractivity contribution in [2.75, 3.05) is 0 Å². The minimum atomic E-state index is -4.05. The van der Waals surface area contributed by atoms with Gasteiger partial charge in [-0.05, 0) is 24.3 Å². The molecule has 0 amide bonds. The first kappa shape index (κ1) is 15.7. The van der Waals surface area contributed by atoms with Crippen LogP contribution in [0.2, 0.25) is 0 Å². The smallest absolute Gasteiger partial charge is 0.281 e. The highest BCUT2D eigenvalue weighted by Crippen LogP contribution is 2.14. The van der Waals surface area contributed by atoms with Crippen LogP contribution in [0, 0.1) is 16.3 Å². The maximum absolute atomic E-state index is 12.6. The number of aromatic amines is 1. The molecular formula is C10H7ClF2N2O2S2. The molecule has 0 spiro atoms. The maximum atomic E-state index is 12.6. The van der Waals surface area contributed by atoms with Crippen molar-refractivity contribution in [3.63, 3.8) is 0 Å². The first-order valence-electron chi connectivity index (χ1n) is 4.71. The van der Waals surface area contributed by atoms with Crippen molar-refractivity contribution in [2.24, 2.45) is 0 Å². The van der Waals surface area contributed by atoms with Gasteiger partial charge in [-0.3, -0.25) is 0 Å². The molecule has 2 aromatic heterocycles. The van der Waals surface area contributed by atoms with E-state index in [-0.39, 0.29) is 10.5 Å². The molecule has 102 valence electrons. The summed E-state index contributed by atoms with van der Waals surface area (Å²) in [5.74, 6) is -1.31. The van der Waals surface area contributed by atoms with E-state index in [0.29, 0.717) is 0 Å². The van der Waals surface area contributed by atoms with E-state index in [9.17, 15) is 17.2 Å². The van der Waals surface area contributed by atoms with Gasteiger partial charge >= 0.3 is 0 Å². The van der Waals surface area contributed by atoms with Gasteiger partial charge in [0, 0.05) is 23.1 Å². The van der Waals surface area contributed by atoms with Crippen LogP contribution in [-0.4, -0.2) is 18.4 Å². The Balaban J connectivity index is 0.000000200. The van der Waals surface area contributed by atoms with Gasteiger partial charge in [0.1, 0.15) is 4.64 Å².